The lowest BCUT2D eigenvalue weighted by molar-refractivity contribution is 0.614. The first-order chi connectivity index (χ1) is 8.17. The van der Waals surface area contributed by atoms with Crippen molar-refractivity contribution < 1.29 is 4.39 Å². The zero-order valence-corrected chi connectivity index (χ0v) is 11.3. The van der Waals surface area contributed by atoms with Crippen molar-refractivity contribution in [3.8, 4) is 0 Å². The maximum atomic E-state index is 13.1. The van der Waals surface area contributed by atoms with Crippen LogP contribution in [0.25, 0.3) is 0 Å². The van der Waals surface area contributed by atoms with Gasteiger partial charge in [-0.3, -0.25) is 0 Å². The van der Waals surface area contributed by atoms with Crippen LogP contribution < -0.4 is 10.6 Å². The van der Waals surface area contributed by atoms with E-state index in [2.05, 4.69) is 18.1 Å². The molecule has 0 saturated heterocycles. The number of nitrogens with two attached hydrogens (primary N) is 1. The molecule has 1 rings (SSSR count). The van der Waals surface area contributed by atoms with Crippen molar-refractivity contribution in [3.05, 3.63) is 30.1 Å². The van der Waals surface area contributed by atoms with Crippen LogP contribution >= 0.6 is 11.8 Å². The molecule has 0 fully saturated rings. The molecule has 1 atom stereocenters. The molecule has 4 heteroatoms. The number of benzene rings is 1. The molecular formula is C13H21FN2S. The number of thioether (sulfide) groups is 1. The van der Waals surface area contributed by atoms with E-state index in [4.69, 9.17) is 5.73 Å². The molecular weight excluding hydrogens is 235 g/mol. The van der Waals surface area contributed by atoms with Crippen LogP contribution in [0.2, 0.25) is 0 Å². The van der Waals surface area contributed by atoms with Gasteiger partial charge in [0, 0.05) is 24.8 Å². The lowest BCUT2D eigenvalue weighted by Crippen LogP contribution is -2.38. The molecule has 1 aromatic carbocycles. The summed E-state index contributed by atoms with van der Waals surface area (Å²) >= 11 is 1.80. The van der Waals surface area contributed by atoms with Crippen molar-refractivity contribution >= 4 is 17.4 Å². The zero-order chi connectivity index (χ0) is 12.7. The smallest absolute Gasteiger partial charge is 0.125 e. The molecule has 96 valence electrons. The third-order valence-corrected chi connectivity index (χ3v) is 3.35. The Morgan fingerprint density at radius 1 is 1.47 bits per heavy atom. The van der Waals surface area contributed by atoms with E-state index in [0.29, 0.717) is 0 Å². The Kier molecular flexibility index (Phi) is 6.37. The van der Waals surface area contributed by atoms with Gasteiger partial charge in [0.25, 0.3) is 0 Å². The summed E-state index contributed by atoms with van der Waals surface area (Å²) in [6.07, 6.45) is 3.07. The summed E-state index contributed by atoms with van der Waals surface area (Å²) in [5.74, 6) is 0.876. The monoisotopic (exact) mass is 256 g/mol. The Balaban J connectivity index is 2.59. The van der Waals surface area contributed by atoms with Crippen LogP contribution in [0.5, 0.6) is 0 Å². The molecule has 2 nitrogen and oxygen atoms in total. The number of hydrogen-bond donors (Lipinski definition) is 1. The van der Waals surface area contributed by atoms with Gasteiger partial charge in [0.05, 0.1) is 0 Å². The fraction of sp³-hybridized carbons (Fsp3) is 0.538. The van der Waals surface area contributed by atoms with Gasteiger partial charge in [-0.25, -0.2) is 4.39 Å². The number of nitrogens with zero attached hydrogens (tertiary/aromatic N) is 1. The van der Waals surface area contributed by atoms with E-state index in [1.165, 1.54) is 6.07 Å². The molecule has 0 bridgehead atoms. The third-order valence-electron chi connectivity index (χ3n) is 2.70. The fourth-order valence-electron chi connectivity index (χ4n) is 1.73. The highest BCUT2D eigenvalue weighted by Crippen LogP contribution is 2.16. The Morgan fingerprint density at radius 3 is 2.82 bits per heavy atom. The lowest BCUT2D eigenvalue weighted by Gasteiger charge is -2.26. The Morgan fingerprint density at radius 2 is 2.24 bits per heavy atom. The van der Waals surface area contributed by atoms with Gasteiger partial charge in [-0.15, -0.1) is 0 Å². The van der Waals surface area contributed by atoms with E-state index >= 15 is 0 Å². The van der Waals surface area contributed by atoms with E-state index in [1.54, 1.807) is 23.9 Å². The molecule has 0 heterocycles. The van der Waals surface area contributed by atoms with Crippen LogP contribution in [0.3, 0.4) is 0 Å². The number of halogens is 1. The van der Waals surface area contributed by atoms with E-state index < -0.39 is 0 Å². The van der Waals surface area contributed by atoms with Crippen molar-refractivity contribution in [2.45, 2.75) is 19.4 Å². The van der Waals surface area contributed by atoms with Gasteiger partial charge in [-0.05, 0) is 43.6 Å². The first-order valence-electron chi connectivity index (χ1n) is 5.92. The molecule has 17 heavy (non-hydrogen) atoms. The zero-order valence-electron chi connectivity index (χ0n) is 10.5. The maximum Gasteiger partial charge on any atom is 0.125 e. The van der Waals surface area contributed by atoms with Crippen molar-refractivity contribution in [1.82, 2.24) is 0 Å². The van der Waals surface area contributed by atoms with Gasteiger partial charge in [-0.1, -0.05) is 6.07 Å². The van der Waals surface area contributed by atoms with Crippen LogP contribution in [0.4, 0.5) is 10.1 Å². The van der Waals surface area contributed by atoms with E-state index in [-0.39, 0.29) is 11.9 Å². The molecule has 2 N–H and O–H groups in total. The molecule has 0 aromatic heterocycles. The molecule has 0 spiro atoms. The van der Waals surface area contributed by atoms with Gasteiger partial charge in [0.2, 0.25) is 0 Å². The Hall–Kier alpha value is -0.740. The largest absolute Gasteiger partial charge is 0.370 e. The summed E-state index contributed by atoms with van der Waals surface area (Å²) in [4.78, 5) is 2.12. The summed E-state index contributed by atoms with van der Waals surface area (Å²) in [6, 6.07) is 6.83. The first-order valence-corrected chi connectivity index (χ1v) is 7.31. The average molecular weight is 256 g/mol. The van der Waals surface area contributed by atoms with Crippen LogP contribution in [-0.2, 0) is 0 Å². The van der Waals surface area contributed by atoms with E-state index in [1.807, 2.05) is 6.07 Å². The number of hydrogen-bond acceptors (Lipinski definition) is 3. The second-order valence-electron chi connectivity index (χ2n) is 4.06. The number of likely N-dealkylation sites (N-methyl/N-ethyl adjacent to an activating group) is 1. The van der Waals surface area contributed by atoms with Gasteiger partial charge in [0.15, 0.2) is 0 Å². The van der Waals surface area contributed by atoms with Crippen molar-refractivity contribution in [1.29, 1.82) is 0 Å². The Labute approximate surface area is 107 Å². The standard InChI is InChI=1S/C13H21FN2S/c1-3-16(10-12(15)7-8-17-2)13-6-4-5-11(14)9-13/h4-6,9,12H,3,7-8,10,15H2,1-2H3/t12-/m1/s1. The highest BCUT2D eigenvalue weighted by atomic mass is 32.2. The minimum Gasteiger partial charge on any atom is -0.370 e. The van der Waals surface area contributed by atoms with Crippen molar-refractivity contribution in [3.63, 3.8) is 0 Å². The highest BCUT2D eigenvalue weighted by molar-refractivity contribution is 7.98. The highest BCUT2D eigenvalue weighted by Gasteiger charge is 2.10. The molecule has 0 aliphatic rings. The molecule has 1 aromatic rings. The normalized spacial score (nSPS) is 12.5. The summed E-state index contributed by atoms with van der Waals surface area (Å²) in [5.41, 5.74) is 6.97. The van der Waals surface area contributed by atoms with Crippen LogP contribution in [-0.4, -0.2) is 31.1 Å². The van der Waals surface area contributed by atoms with Gasteiger partial charge < -0.3 is 10.6 Å². The second kappa shape index (κ2) is 7.56. The molecule has 0 radical (unpaired) electrons. The summed E-state index contributed by atoms with van der Waals surface area (Å²) < 4.78 is 13.1. The van der Waals surface area contributed by atoms with E-state index in [0.717, 1.165) is 31.0 Å². The topological polar surface area (TPSA) is 29.3 Å². The van der Waals surface area contributed by atoms with Crippen LogP contribution in [0.1, 0.15) is 13.3 Å². The molecule has 0 saturated carbocycles. The predicted molar refractivity (Wildman–Crippen MR) is 75.3 cm³/mol. The van der Waals surface area contributed by atoms with Gasteiger partial charge in [0.1, 0.15) is 5.82 Å². The van der Waals surface area contributed by atoms with Crippen molar-refractivity contribution in [2.24, 2.45) is 5.73 Å². The lowest BCUT2D eigenvalue weighted by atomic mass is 10.2. The quantitative estimate of drug-likeness (QED) is 0.813. The predicted octanol–water partition coefficient (Wildman–Crippen LogP) is 2.73. The summed E-state index contributed by atoms with van der Waals surface area (Å²) in [7, 11) is 0. The average Bonchev–Trinajstić information content (AvgIpc) is 2.33. The third kappa shape index (κ3) is 4.96. The van der Waals surface area contributed by atoms with Crippen LogP contribution in [0, 0.1) is 5.82 Å². The number of anilines is 1. The SMILES string of the molecule is CCN(C[C@H](N)CCSC)c1cccc(F)c1. The summed E-state index contributed by atoms with van der Waals surface area (Å²) in [6.45, 7) is 3.68. The molecule has 0 unspecified atom stereocenters. The molecule has 0 aliphatic carbocycles. The van der Waals surface area contributed by atoms with Crippen LogP contribution in [0.15, 0.2) is 24.3 Å². The second-order valence-corrected chi connectivity index (χ2v) is 5.05. The maximum absolute atomic E-state index is 13.1. The summed E-state index contributed by atoms with van der Waals surface area (Å²) in [5, 5.41) is 0. The molecule has 0 amide bonds. The minimum absolute atomic E-state index is 0.144. The minimum atomic E-state index is -0.196. The number of rotatable bonds is 7. The van der Waals surface area contributed by atoms with Gasteiger partial charge >= 0.3 is 0 Å². The van der Waals surface area contributed by atoms with Gasteiger partial charge in [-0.2, -0.15) is 11.8 Å². The van der Waals surface area contributed by atoms with E-state index in [9.17, 15) is 4.39 Å². The fourth-order valence-corrected chi connectivity index (χ4v) is 2.27. The first kappa shape index (κ1) is 14.3. The Bertz CT molecular complexity index is 333. The molecule has 0 aliphatic heterocycles. The van der Waals surface area contributed by atoms with Crippen molar-refractivity contribution in [2.75, 3.05) is 30.0 Å².